The number of amides is 1. The Morgan fingerprint density at radius 2 is 1.79 bits per heavy atom. The molecular weight excluding hydrogens is 708 g/mol. The predicted octanol–water partition coefficient (Wildman–Crippen LogP) is 7.77. The average Bonchev–Trinajstić information content (AvgIpc) is 3.68. The maximum Gasteiger partial charge on any atom is 0.255 e. The molecule has 7 rings (SSSR count). The molecule has 4 aromatic heterocycles. The standard InChI is InChI=1S/C36H29FIN7O2/c1-45(2)8-9-47-28-13-23(10-25(37)15-28)31-19-39-20-33-29(31)17-32(42-33)34-30-14-24(18-40-35(30)44-43-34)22-11-26(38)16-27(12-22)41-36(46)21-6-4-3-5-7-21/h3-7,10-20,42H,8-9H2,1-2H3,(H,41,46)(H,40,43,44). The van der Waals surface area contributed by atoms with Gasteiger partial charge in [0, 0.05) is 61.7 Å². The molecule has 3 N–H and O–H groups in total. The van der Waals surface area contributed by atoms with E-state index in [9.17, 15) is 9.18 Å². The average molecular weight is 738 g/mol. The summed E-state index contributed by atoms with van der Waals surface area (Å²) < 4.78 is 21.5. The van der Waals surface area contributed by atoms with Gasteiger partial charge in [-0.1, -0.05) is 18.2 Å². The van der Waals surface area contributed by atoms with Gasteiger partial charge >= 0.3 is 0 Å². The van der Waals surface area contributed by atoms with Gasteiger partial charge in [0.25, 0.3) is 5.91 Å². The van der Waals surface area contributed by atoms with Crippen molar-refractivity contribution in [1.82, 2.24) is 30.0 Å². The minimum Gasteiger partial charge on any atom is -0.492 e. The fourth-order valence-electron chi connectivity index (χ4n) is 5.44. The van der Waals surface area contributed by atoms with Gasteiger partial charge in [0.15, 0.2) is 5.65 Å². The predicted molar refractivity (Wildman–Crippen MR) is 191 cm³/mol. The monoisotopic (exact) mass is 737 g/mol. The first kappa shape index (κ1) is 30.5. The van der Waals surface area contributed by atoms with Gasteiger partial charge in [0.05, 0.1) is 17.4 Å². The number of fused-ring (bicyclic) bond motifs is 2. The van der Waals surface area contributed by atoms with Gasteiger partial charge in [-0.15, -0.1) is 0 Å². The summed E-state index contributed by atoms with van der Waals surface area (Å²) in [5.41, 5.74) is 7.34. The molecule has 0 atom stereocenters. The van der Waals surface area contributed by atoms with Crippen LogP contribution in [0.2, 0.25) is 0 Å². The number of aromatic amines is 2. The van der Waals surface area contributed by atoms with Crippen LogP contribution in [0.4, 0.5) is 10.1 Å². The third kappa shape index (κ3) is 6.58. The van der Waals surface area contributed by atoms with Crippen molar-refractivity contribution in [2.45, 2.75) is 0 Å². The Hall–Kier alpha value is -5.14. The number of likely N-dealkylation sites (N-methyl/N-ethyl adjacent to an activating group) is 1. The molecule has 4 heterocycles. The number of nitrogens with one attached hydrogen (secondary N) is 3. The number of nitrogens with zero attached hydrogens (tertiary/aromatic N) is 4. The first-order valence-corrected chi connectivity index (χ1v) is 16.0. The van der Waals surface area contributed by atoms with Crippen molar-refractivity contribution >= 4 is 56.1 Å². The lowest BCUT2D eigenvalue weighted by Gasteiger charge is -2.12. The fraction of sp³-hybridized carbons (Fsp3) is 0.111. The third-order valence-electron chi connectivity index (χ3n) is 7.73. The summed E-state index contributed by atoms with van der Waals surface area (Å²) in [4.78, 5) is 27.4. The molecule has 0 unspecified atom stereocenters. The lowest BCUT2D eigenvalue weighted by molar-refractivity contribution is 0.102. The summed E-state index contributed by atoms with van der Waals surface area (Å²) in [6.45, 7) is 1.16. The van der Waals surface area contributed by atoms with Crippen molar-refractivity contribution in [2.24, 2.45) is 0 Å². The smallest absolute Gasteiger partial charge is 0.255 e. The lowest BCUT2D eigenvalue weighted by Crippen LogP contribution is -2.19. The van der Waals surface area contributed by atoms with Gasteiger partial charge in [0.1, 0.15) is 23.9 Å². The van der Waals surface area contributed by atoms with Crippen LogP contribution in [-0.2, 0) is 0 Å². The Kier molecular flexibility index (Phi) is 8.39. The van der Waals surface area contributed by atoms with Crippen LogP contribution in [0.5, 0.6) is 5.75 Å². The molecule has 0 saturated carbocycles. The molecule has 0 radical (unpaired) electrons. The summed E-state index contributed by atoms with van der Waals surface area (Å²) in [5.74, 6) is -0.0986. The van der Waals surface area contributed by atoms with Crippen LogP contribution < -0.4 is 10.1 Å². The summed E-state index contributed by atoms with van der Waals surface area (Å²) in [5, 5.41) is 12.3. The van der Waals surface area contributed by atoms with Crippen molar-refractivity contribution in [3.63, 3.8) is 0 Å². The van der Waals surface area contributed by atoms with E-state index in [1.54, 1.807) is 30.7 Å². The zero-order chi connectivity index (χ0) is 32.5. The van der Waals surface area contributed by atoms with E-state index in [1.165, 1.54) is 12.1 Å². The molecule has 3 aromatic carbocycles. The third-order valence-corrected chi connectivity index (χ3v) is 8.35. The van der Waals surface area contributed by atoms with Crippen molar-refractivity contribution in [2.75, 3.05) is 32.6 Å². The molecule has 0 bridgehead atoms. The quantitative estimate of drug-likeness (QED) is 0.131. The molecule has 1 amide bonds. The Bertz CT molecular complexity index is 2250. The Morgan fingerprint density at radius 3 is 2.62 bits per heavy atom. The number of carbonyl (C=O) groups excluding carboxylic acids is 1. The van der Waals surface area contributed by atoms with Crippen molar-refractivity contribution in [3.8, 4) is 39.4 Å². The number of carbonyl (C=O) groups is 1. The van der Waals surface area contributed by atoms with Crippen molar-refractivity contribution < 1.29 is 13.9 Å². The van der Waals surface area contributed by atoms with Gasteiger partial charge in [0.2, 0.25) is 0 Å². The van der Waals surface area contributed by atoms with Crippen LogP contribution in [0.15, 0.2) is 97.5 Å². The molecule has 47 heavy (non-hydrogen) atoms. The second-order valence-corrected chi connectivity index (χ2v) is 12.6. The Labute approximate surface area is 283 Å². The number of rotatable bonds is 9. The first-order valence-electron chi connectivity index (χ1n) is 14.9. The maximum atomic E-state index is 14.7. The van der Waals surface area contributed by atoms with Crippen molar-refractivity contribution in [3.05, 3.63) is 112 Å². The Morgan fingerprint density at radius 1 is 0.936 bits per heavy atom. The number of H-pyrrole nitrogens is 2. The number of halogens is 2. The number of anilines is 1. The molecule has 0 fully saturated rings. The van der Waals surface area contributed by atoms with Crippen LogP contribution in [0.25, 0.3) is 55.6 Å². The molecule has 9 nitrogen and oxygen atoms in total. The maximum absolute atomic E-state index is 14.7. The van der Waals surface area contributed by atoms with Crippen LogP contribution >= 0.6 is 22.6 Å². The van der Waals surface area contributed by atoms with Crippen LogP contribution in [0.3, 0.4) is 0 Å². The van der Waals surface area contributed by atoms with Crippen LogP contribution in [0.1, 0.15) is 10.4 Å². The van der Waals surface area contributed by atoms with Crippen LogP contribution in [-0.4, -0.2) is 63.2 Å². The normalized spacial score (nSPS) is 11.4. The molecule has 234 valence electrons. The molecule has 0 aliphatic heterocycles. The van der Waals surface area contributed by atoms with Gasteiger partial charge in [-0.25, -0.2) is 9.37 Å². The largest absolute Gasteiger partial charge is 0.492 e. The summed E-state index contributed by atoms with van der Waals surface area (Å²) in [7, 11) is 3.92. The van der Waals surface area contributed by atoms with E-state index < -0.39 is 0 Å². The minimum atomic E-state index is -0.384. The molecule has 7 aromatic rings. The molecule has 11 heteroatoms. The molecule has 0 spiro atoms. The second-order valence-electron chi connectivity index (χ2n) is 11.4. The minimum absolute atomic E-state index is 0.178. The number of ether oxygens (including phenoxy) is 1. The molecular formula is C36H29FIN7O2. The van der Waals surface area contributed by atoms with E-state index in [1.807, 2.05) is 73.6 Å². The highest BCUT2D eigenvalue weighted by molar-refractivity contribution is 14.1. The van der Waals surface area contributed by atoms with Gasteiger partial charge in [-0.05, 0) is 102 Å². The fourth-order valence-corrected chi connectivity index (χ4v) is 6.12. The summed E-state index contributed by atoms with van der Waals surface area (Å²) in [6, 6.07) is 23.8. The highest BCUT2D eigenvalue weighted by atomic mass is 127. The van der Waals surface area contributed by atoms with Crippen molar-refractivity contribution in [1.29, 1.82) is 0 Å². The summed E-state index contributed by atoms with van der Waals surface area (Å²) in [6.07, 6.45) is 5.26. The van der Waals surface area contributed by atoms with Gasteiger partial charge in [-0.2, -0.15) is 5.10 Å². The lowest BCUT2D eigenvalue weighted by atomic mass is 10.0. The van der Waals surface area contributed by atoms with Crippen LogP contribution in [0, 0.1) is 9.39 Å². The molecule has 0 saturated heterocycles. The van der Waals surface area contributed by atoms with E-state index in [-0.39, 0.29) is 11.7 Å². The van der Waals surface area contributed by atoms with E-state index in [0.29, 0.717) is 47.1 Å². The molecule has 0 aliphatic rings. The van der Waals surface area contributed by atoms with E-state index in [4.69, 9.17) is 4.74 Å². The number of hydrogen-bond donors (Lipinski definition) is 3. The zero-order valence-electron chi connectivity index (χ0n) is 25.5. The van der Waals surface area contributed by atoms with Gasteiger partial charge in [-0.3, -0.25) is 14.9 Å². The van der Waals surface area contributed by atoms with E-state index in [0.717, 1.165) is 42.2 Å². The molecule has 0 aliphatic carbocycles. The number of benzene rings is 3. The highest BCUT2D eigenvalue weighted by Gasteiger charge is 2.17. The zero-order valence-corrected chi connectivity index (χ0v) is 27.7. The number of hydrogen-bond acceptors (Lipinski definition) is 6. The second kappa shape index (κ2) is 12.9. The van der Waals surface area contributed by atoms with E-state index in [2.05, 4.69) is 53.1 Å². The van der Waals surface area contributed by atoms with E-state index >= 15 is 0 Å². The van der Waals surface area contributed by atoms with Gasteiger partial charge < -0.3 is 19.9 Å². The SMILES string of the molecule is CN(C)CCOc1cc(F)cc(-c2cncc3[nH]c(-c4n[nH]c5ncc(-c6cc(I)cc(NC(=O)c7ccccc7)c6)cc45)cc23)c1. The highest BCUT2D eigenvalue weighted by Crippen LogP contribution is 2.36. The number of pyridine rings is 2. The Balaban J connectivity index is 1.22. The summed E-state index contributed by atoms with van der Waals surface area (Å²) >= 11 is 2.25. The number of aromatic nitrogens is 5. The topological polar surface area (TPSA) is 112 Å². The first-order chi connectivity index (χ1) is 22.8.